The topological polar surface area (TPSA) is 35.5 Å². The van der Waals surface area contributed by atoms with Crippen LogP contribution in [0, 0.1) is 0 Å². The zero-order valence-electron chi connectivity index (χ0n) is 16.4. The summed E-state index contributed by atoms with van der Waals surface area (Å²) < 4.78 is 50.4. The normalized spacial score (nSPS) is 11.5. The van der Waals surface area contributed by atoms with Gasteiger partial charge in [-0.3, -0.25) is 4.79 Å². The first kappa shape index (κ1) is 22.6. The van der Waals surface area contributed by atoms with Crippen molar-refractivity contribution in [3.8, 4) is 11.5 Å². The number of carbonyl (C=O) groups is 1. The van der Waals surface area contributed by atoms with Crippen LogP contribution in [-0.2, 0) is 12.8 Å². The van der Waals surface area contributed by atoms with E-state index in [1.165, 1.54) is 19.3 Å². The van der Waals surface area contributed by atoms with E-state index in [1.807, 2.05) is 0 Å². The van der Waals surface area contributed by atoms with Crippen LogP contribution in [0.5, 0.6) is 11.5 Å². The number of halogens is 4. The van der Waals surface area contributed by atoms with E-state index in [0.29, 0.717) is 28.2 Å². The van der Waals surface area contributed by atoms with E-state index in [9.17, 15) is 18.0 Å². The summed E-state index contributed by atoms with van der Waals surface area (Å²) >= 11 is 3.33. The van der Waals surface area contributed by atoms with Crippen molar-refractivity contribution in [2.75, 3.05) is 7.11 Å². The molecule has 0 aliphatic heterocycles. The number of ketones is 1. The summed E-state index contributed by atoms with van der Waals surface area (Å²) in [5, 5.41) is 0. The first-order valence-corrected chi connectivity index (χ1v) is 10.0. The van der Waals surface area contributed by atoms with Gasteiger partial charge >= 0.3 is 6.18 Å². The van der Waals surface area contributed by atoms with Gasteiger partial charge in [0.1, 0.15) is 6.61 Å². The molecule has 0 radical (unpaired) electrons. The van der Waals surface area contributed by atoms with E-state index in [1.54, 1.807) is 54.6 Å². The molecule has 0 bridgehead atoms. The Morgan fingerprint density at radius 1 is 1.00 bits per heavy atom. The van der Waals surface area contributed by atoms with E-state index in [0.717, 1.165) is 16.6 Å². The Hall–Kier alpha value is -3.06. The second-order valence-corrected chi connectivity index (χ2v) is 7.52. The number of carbonyl (C=O) groups excluding carboxylic acids is 1. The molecule has 0 heterocycles. The molecular weight excluding hydrogens is 473 g/mol. The van der Waals surface area contributed by atoms with Crippen molar-refractivity contribution < 1.29 is 27.4 Å². The van der Waals surface area contributed by atoms with Gasteiger partial charge in [-0.2, -0.15) is 13.2 Å². The molecule has 0 spiro atoms. The van der Waals surface area contributed by atoms with E-state index in [-0.39, 0.29) is 12.4 Å². The number of benzene rings is 3. The van der Waals surface area contributed by atoms with Crippen LogP contribution < -0.4 is 9.47 Å². The van der Waals surface area contributed by atoms with Crippen LogP contribution in [0.3, 0.4) is 0 Å². The Balaban J connectivity index is 1.70. The maximum atomic E-state index is 12.9. The molecule has 31 heavy (non-hydrogen) atoms. The van der Waals surface area contributed by atoms with Crippen molar-refractivity contribution in [2.24, 2.45) is 0 Å². The number of allylic oxidation sites excluding steroid dienone is 1. The number of ether oxygens (including phenoxy) is 2. The van der Waals surface area contributed by atoms with E-state index >= 15 is 0 Å². The molecule has 0 saturated heterocycles. The third-order valence-corrected chi connectivity index (χ3v) is 4.92. The molecule has 0 unspecified atom stereocenters. The van der Waals surface area contributed by atoms with Crippen LogP contribution >= 0.6 is 15.9 Å². The maximum Gasteiger partial charge on any atom is 0.416 e. The number of methoxy groups -OCH3 is 1. The van der Waals surface area contributed by atoms with Crippen LogP contribution in [0.2, 0.25) is 0 Å². The van der Waals surface area contributed by atoms with Crippen LogP contribution in [0.15, 0.2) is 77.3 Å². The quantitative estimate of drug-likeness (QED) is 0.265. The number of rotatable bonds is 7. The monoisotopic (exact) mass is 490 g/mol. The predicted octanol–water partition coefficient (Wildman–Crippen LogP) is 6.95. The summed E-state index contributed by atoms with van der Waals surface area (Å²) in [5.74, 6) is 0.651. The second kappa shape index (κ2) is 9.83. The van der Waals surface area contributed by atoms with Gasteiger partial charge in [-0.15, -0.1) is 0 Å². The average molecular weight is 491 g/mol. The van der Waals surface area contributed by atoms with Gasteiger partial charge in [0, 0.05) is 10.0 Å². The molecule has 3 rings (SSSR count). The zero-order chi connectivity index (χ0) is 22.4. The highest BCUT2D eigenvalue weighted by molar-refractivity contribution is 9.10. The maximum absolute atomic E-state index is 12.9. The Morgan fingerprint density at radius 2 is 1.74 bits per heavy atom. The van der Waals surface area contributed by atoms with Crippen LogP contribution in [0.4, 0.5) is 13.2 Å². The van der Waals surface area contributed by atoms with Crippen LogP contribution in [0.1, 0.15) is 27.0 Å². The molecule has 3 nitrogen and oxygen atoms in total. The van der Waals surface area contributed by atoms with Crippen molar-refractivity contribution in [3.63, 3.8) is 0 Å². The van der Waals surface area contributed by atoms with Crippen molar-refractivity contribution >= 4 is 27.8 Å². The smallest absolute Gasteiger partial charge is 0.416 e. The van der Waals surface area contributed by atoms with Gasteiger partial charge in [-0.05, 0) is 65.7 Å². The molecule has 160 valence electrons. The summed E-state index contributed by atoms with van der Waals surface area (Å²) in [6.45, 7) is -0.0441. The summed E-state index contributed by atoms with van der Waals surface area (Å²) in [5.41, 5.74) is 0.943. The zero-order valence-corrected chi connectivity index (χ0v) is 18.0. The fourth-order valence-corrected chi connectivity index (χ4v) is 3.05. The third kappa shape index (κ3) is 6.21. The standard InChI is InChI=1S/C24H18BrF3O3/c1-30-23-14-16(5-11-21(29)18-7-9-20(25)10-8-18)6-12-22(23)31-15-17-3-2-4-19(13-17)24(26,27)28/h2-14H,15H2,1H3/b11-5-. The third-order valence-electron chi connectivity index (χ3n) is 4.39. The van der Waals surface area contributed by atoms with E-state index < -0.39 is 11.7 Å². The van der Waals surface area contributed by atoms with Gasteiger partial charge in [-0.1, -0.05) is 40.2 Å². The van der Waals surface area contributed by atoms with Crippen LogP contribution in [0.25, 0.3) is 6.08 Å². The Kier molecular flexibility index (Phi) is 7.17. The Labute approximate surface area is 186 Å². The molecule has 0 N–H and O–H groups in total. The molecule has 0 fully saturated rings. The molecule has 0 aliphatic rings. The lowest BCUT2D eigenvalue weighted by Crippen LogP contribution is -2.06. The second-order valence-electron chi connectivity index (χ2n) is 6.60. The molecule has 0 saturated carbocycles. The molecule has 7 heteroatoms. The SMILES string of the molecule is COc1cc(/C=C\C(=O)c2ccc(Br)cc2)ccc1OCc1cccc(C(F)(F)F)c1. The summed E-state index contributed by atoms with van der Waals surface area (Å²) in [6, 6.07) is 17.1. The highest BCUT2D eigenvalue weighted by Gasteiger charge is 2.30. The summed E-state index contributed by atoms with van der Waals surface area (Å²) in [6.07, 6.45) is -1.29. The lowest BCUT2D eigenvalue weighted by molar-refractivity contribution is -0.137. The van der Waals surface area contributed by atoms with Crippen molar-refractivity contribution in [1.82, 2.24) is 0 Å². The van der Waals surface area contributed by atoms with Gasteiger partial charge in [0.15, 0.2) is 17.3 Å². The highest BCUT2D eigenvalue weighted by atomic mass is 79.9. The largest absolute Gasteiger partial charge is 0.493 e. The summed E-state index contributed by atoms with van der Waals surface area (Å²) in [4.78, 5) is 12.3. The number of hydrogen-bond acceptors (Lipinski definition) is 3. The molecule has 0 atom stereocenters. The van der Waals surface area contributed by atoms with Gasteiger partial charge in [0.05, 0.1) is 12.7 Å². The van der Waals surface area contributed by atoms with Gasteiger partial charge in [0.2, 0.25) is 0 Å². The van der Waals surface area contributed by atoms with Gasteiger partial charge in [-0.25, -0.2) is 0 Å². The van der Waals surface area contributed by atoms with Gasteiger partial charge < -0.3 is 9.47 Å². The summed E-state index contributed by atoms with van der Waals surface area (Å²) in [7, 11) is 1.47. The predicted molar refractivity (Wildman–Crippen MR) is 116 cm³/mol. The molecular formula is C24H18BrF3O3. The average Bonchev–Trinajstić information content (AvgIpc) is 2.76. The van der Waals surface area contributed by atoms with Crippen molar-refractivity contribution in [1.29, 1.82) is 0 Å². The van der Waals surface area contributed by atoms with Crippen LogP contribution in [-0.4, -0.2) is 12.9 Å². The number of hydrogen-bond donors (Lipinski definition) is 0. The first-order valence-electron chi connectivity index (χ1n) is 9.21. The minimum Gasteiger partial charge on any atom is -0.493 e. The van der Waals surface area contributed by atoms with E-state index in [2.05, 4.69) is 15.9 Å². The molecule has 0 aliphatic carbocycles. The fourth-order valence-electron chi connectivity index (χ4n) is 2.79. The molecule has 3 aromatic carbocycles. The Morgan fingerprint density at radius 3 is 2.42 bits per heavy atom. The lowest BCUT2D eigenvalue weighted by atomic mass is 10.1. The highest BCUT2D eigenvalue weighted by Crippen LogP contribution is 2.31. The van der Waals surface area contributed by atoms with Crippen molar-refractivity contribution in [3.05, 3.63) is 99.5 Å². The minimum absolute atomic E-state index is 0.0441. The molecule has 3 aromatic rings. The van der Waals surface area contributed by atoms with E-state index in [4.69, 9.17) is 9.47 Å². The van der Waals surface area contributed by atoms with Crippen molar-refractivity contribution in [2.45, 2.75) is 12.8 Å². The lowest BCUT2D eigenvalue weighted by Gasteiger charge is -2.13. The molecule has 0 aromatic heterocycles. The molecule has 0 amide bonds. The number of alkyl halides is 3. The minimum atomic E-state index is -4.41. The fraction of sp³-hybridized carbons (Fsp3) is 0.125. The van der Waals surface area contributed by atoms with Gasteiger partial charge in [0.25, 0.3) is 0 Å². The first-order chi connectivity index (χ1) is 14.8. The Bertz CT molecular complexity index is 1090.